The fraction of sp³-hybridized carbons (Fsp3) is 1.00. The lowest BCUT2D eigenvalue weighted by Crippen LogP contribution is -2.36. The summed E-state index contributed by atoms with van der Waals surface area (Å²) in [6.45, 7) is 14.6. The van der Waals surface area contributed by atoms with Gasteiger partial charge in [-0.3, -0.25) is 4.90 Å². The monoisotopic (exact) mass is 245 g/mol. The number of likely N-dealkylation sites (N-methyl/N-ethyl adjacent to an activating group) is 2. The molecule has 3 heteroatoms. The normalized spacial score (nSPS) is 11.6. The molecular weight excluding hydrogens is 210 g/mol. The lowest BCUT2D eigenvalue weighted by Gasteiger charge is -2.28. The van der Waals surface area contributed by atoms with Crippen LogP contribution in [0.5, 0.6) is 0 Å². The van der Waals surface area contributed by atoms with E-state index in [1.807, 2.05) is 0 Å². The second-order valence-electron chi connectivity index (χ2n) is 5.62. The topological polar surface area (TPSA) is 9.72 Å². The Bertz CT molecular complexity index is 138. The summed E-state index contributed by atoms with van der Waals surface area (Å²) in [7, 11) is 8.35. The van der Waals surface area contributed by atoms with E-state index in [0.29, 0.717) is 12.1 Å². The van der Waals surface area contributed by atoms with Crippen LogP contribution in [0.1, 0.15) is 34.6 Å². The summed E-state index contributed by atoms with van der Waals surface area (Å²) in [5.41, 5.74) is 0. The van der Waals surface area contributed by atoms with Crippen LogP contribution in [0.2, 0.25) is 0 Å². The number of rotatable bonds is 6. The van der Waals surface area contributed by atoms with Gasteiger partial charge < -0.3 is 9.80 Å². The summed E-state index contributed by atoms with van der Waals surface area (Å²) in [6, 6.07) is 1.38. The molecule has 0 saturated carbocycles. The van der Waals surface area contributed by atoms with Crippen molar-refractivity contribution in [2.45, 2.75) is 46.7 Å². The molecule has 0 spiro atoms. The van der Waals surface area contributed by atoms with Gasteiger partial charge in [-0.1, -0.05) is 6.92 Å². The highest BCUT2D eigenvalue weighted by Crippen LogP contribution is 2.02. The second kappa shape index (κ2) is 11.0. The Kier molecular flexibility index (Phi) is 12.4. The zero-order valence-electron chi connectivity index (χ0n) is 13.6. The third-order valence-corrected chi connectivity index (χ3v) is 2.69. The van der Waals surface area contributed by atoms with E-state index in [0.717, 1.165) is 19.6 Å². The van der Waals surface area contributed by atoms with Crippen LogP contribution in [0.3, 0.4) is 0 Å². The van der Waals surface area contributed by atoms with E-state index in [9.17, 15) is 0 Å². The van der Waals surface area contributed by atoms with Crippen LogP contribution in [0, 0.1) is 0 Å². The van der Waals surface area contributed by atoms with Crippen molar-refractivity contribution in [1.29, 1.82) is 0 Å². The van der Waals surface area contributed by atoms with Gasteiger partial charge in [0.2, 0.25) is 0 Å². The lowest BCUT2D eigenvalue weighted by molar-refractivity contribution is 0.185. The largest absolute Gasteiger partial charge is 0.308 e. The van der Waals surface area contributed by atoms with E-state index >= 15 is 0 Å². The van der Waals surface area contributed by atoms with Crippen molar-refractivity contribution in [1.82, 2.24) is 14.7 Å². The van der Waals surface area contributed by atoms with Gasteiger partial charge in [0.05, 0.1) is 0 Å². The Morgan fingerprint density at radius 3 is 1.06 bits per heavy atom. The van der Waals surface area contributed by atoms with Crippen molar-refractivity contribution >= 4 is 0 Å². The van der Waals surface area contributed by atoms with Crippen LogP contribution in [0.15, 0.2) is 0 Å². The molecule has 0 unspecified atom stereocenters. The Morgan fingerprint density at radius 1 is 0.706 bits per heavy atom. The van der Waals surface area contributed by atoms with Gasteiger partial charge in [-0.25, -0.2) is 0 Å². The average Bonchev–Trinajstić information content (AvgIpc) is 2.15. The summed E-state index contributed by atoms with van der Waals surface area (Å²) < 4.78 is 0. The van der Waals surface area contributed by atoms with Crippen LogP contribution in [-0.4, -0.2) is 74.6 Å². The van der Waals surface area contributed by atoms with Crippen LogP contribution in [0.4, 0.5) is 0 Å². The maximum Gasteiger partial charge on any atom is 0.0103 e. The average molecular weight is 245 g/mol. The van der Waals surface area contributed by atoms with Crippen molar-refractivity contribution in [2.24, 2.45) is 0 Å². The van der Waals surface area contributed by atoms with Crippen molar-refractivity contribution < 1.29 is 0 Å². The number of nitrogens with zero attached hydrogens (tertiary/aromatic N) is 3. The SMILES string of the molecule is CCN(C(C)C)C(C)C.CN(C)CCN(C)C. The highest BCUT2D eigenvalue weighted by atomic mass is 15.2. The molecule has 0 bridgehead atoms. The first kappa shape index (κ1) is 19.2. The molecule has 0 aliphatic carbocycles. The zero-order valence-corrected chi connectivity index (χ0v) is 13.6. The maximum atomic E-state index is 2.46. The molecule has 0 amide bonds. The standard InChI is InChI=1S/C8H19N.C6H16N2/c1-6-9(7(2)3)8(4)5;1-7(2)5-6-8(3)4/h7-8H,6H2,1-5H3;5-6H2,1-4H3. The minimum atomic E-state index is 0.690. The predicted molar refractivity (Wildman–Crippen MR) is 79.8 cm³/mol. The molecule has 0 heterocycles. The van der Waals surface area contributed by atoms with Crippen molar-refractivity contribution in [3.8, 4) is 0 Å². The fourth-order valence-electron chi connectivity index (χ4n) is 1.73. The van der Waals surface area contributed by atoms with Gasteiger partial charge in [-0.15, -0.1) is 0 Å². The van der Waals surface area contributed by atoms with Gasteiger partial charge in [0.1, 0.15) is 0 Å². The van der Waals surface area contributed by atoms with Gasteiger partial charge >= 0.3 is 0 Å². The molecule has 3 nitrogen and oxygen atoms in total. The minimum Gasteiger partial charge on any atom is -0.308 e. The minimum absolute atomic E-state index is 0.690. The molecule has 0 aliphatic heterocycles. The molecule has 106 valence electrons. The summed E-state index contributed by atoms with van der Waals surface area (Å²) in [5, 5.41) is 0. The first-order chi connectivity index (χ1) is 7.72. The van der Waals surface area contributed by atoms with Gasteiger partial charge in [0.25, 0.3) is 0 Å². The number of hydrogen-bond donors (Lipinski definition) is 0. The molecule has 0 atom stereocenters. The van der Waals surface area contributed by atoms with Crippen molar-refractivity contribution in [2.75, 3.05) is 47.8 Å². The summed E-state index contributed by atoms with van der Waals surface area (Å²) in [5.74, 6) is 0. The molecule has 0 fully saturated rings. The molecule has 0 aromatic carbocycles. The van der Waals surface area contributed by atoms with Crippen LogP contribution >= 0.6 is 0 Å². The molecule has 17 heavy (non-hydrogen) atoms. The van der Waals surface area contributed by atoms with Gasteiger partial charge in [-0.2, -0.15) is 0 Å². The Balaban J connectivity index is 0. The Labute approximate surface area is 110 Å². The van der Waals surface area contributed by atoms with E-state index in [4.69, 9.17) is 0 Å². The molecule has 0 aromatic rings. The fourth-order valence-corrected chi connectivity index (χ4v) is 1.73. The third kappa shape index (κ3) is 13.8. The molecule has 0 N–H and O–H groups in total. The quantitative estimate of drug-likeness (QED) is 0.710. The Morgan fingerprint density at radius 2 is 1.00 bits per heavy atom. The van der Waals surface area contributed by atoms with Gasteiger partial charge in [0, 0.05) is 25.2 Å². The van der Waals surface area contributed by atoms with Crippen LogP contribution < -0.4 is 0 Å². The zero-order chi connectivity index (χ0) is 14.0. The van der Waals surface area contributed by atoms with Crippen molar-refractivity contribution in [3.05, 3.63) is 0 Å². The summed E-state index contributed by atoms with van der Waals surface area (Å²) >= 11 is 0. The van der Waals surface area contributed by atoms with E-state index in [-0.39, 0.29) is 0 Å². The van der Waals surface area contributed by atoms with E-state index < -0.39 is 0 Å². The first-order valence-electron chi connectivity index (χ1n) is 6.77. The lowest BCUT2D eigenvalue weighted by atomic mass is 10.2. The van der Waals surface area contributed by atoms with E-state index in [1.54, 1.807) is 0 Å². The smallest absolute Gasteiger partial charge is 0.0103 e. The van der Waals surface area contributed by atoms with Gasteiger partial charge in [0.15, 0.2) is 0 Å². The van der Waals surface area contributed by atoms with E-state index in [2.05, 4.69) is 77.5 Å². The van der Waals surface area contributed by atoms with Crippen LogP contribution in [-0.2, 0) is 0 Å². The highest BCUT2D eigenvalue weighted by Gasteiger charge is 2.08. The predicted octanol–water partition coefficient (Wildman–Crippen LogP) is 2.23. The summed E-state index contributed by atoms with van der Waals surface area (Å²) in [4.78, 5) is 6.82. The maximum absolute atomic E-state index is 2.46. The van der Waals surface area contributed by atoms with E-state index in [1.165, 1.54) is 0 Å². The highest BCUT2D eigenvalue weighted by molar-refractivity contribution is 4.64. The Hall–Kier alpha value is -0.120. The summed E-state index contributed by atoms with van der Waals surface area (Å²) in [6.07, 6.45) is 0. The molecule has 0 aliphatic rings. The molecule has 0 saturated heterocycles. The molecule has 0 rings (SSSR count). The van der Waals surface area contributed by atoms with Gasteiger partial charge in [-0.05, 0) is 62.4 Å². The second-order valence-corrected chi connectivity index (χ2v) is 5.62. The first-order valence-corrected chi connectivity index (χ1v) is 6.77. The van der Waals surface area contributed by atoms with Crippen molar-refractivity contribution in [3.63, 3.8) is 0 Å². The molecule has 0 radical (unpaired) electrons. The molecular formula is C14H35N3. The number of hydrogen-bond acceptors (Lipinski definition) is 3. The van der Waals surface area contributed by atoms with Crippen LogP contribution in [0.25, 0.3) is 0 Å². The third-order valence-electron chi connectivity index (χ3n) is 2.69. The molecule has 0 aromatic heterocycles.